The van der Waals surface area contributed by atoms with Gasteiger partial charge in [0.2, 0.25) is 0 Å². The van der Waals surface area contributed by atoms with Gasteiger partial charge in [-0.1, -0.05) is 11.6 Å². The molecule has 1 heterocycles. The van der Waals surface area contributed by atoms with E-state index in [1.54, 1.807) is 12.1 Å². The first-order valence-corrected chi connectivity index (χ1v) is 8.01. The monoisotopic (exact) mass is 320 g/mol. The molecule has 126 valence electrons. The van der Waals surface area contributed by atoms with E-state index >= 15 is 0 Å². The average molecular weight is 320 g/mol. The van der Waals surface area contributed by atoms with Crippen LogP contribution < -0.4 is 10.6 Å². The summed E-state index contributed by atoms with van der Waals surface area (Å²) >= 11 is 0. The highest BCUT2D eigenvalue weighted by atomic mass is 16.5. The fourth-order valence-electron chi connectivity index (χ4n) is 2.59. The number of hydrogen-bond donors (Lipinski definition) is 2. The third kappa shape index (κ3) is 5.56. The van der Waals surface area contributed by atoms with E-state index in [4.69, 9.17) is 9.15 Å². The summed E-state index contributed by atoms with van der Waals surface area (Å²) in [4.78, 5) is 23.6. The number of nitrogens with one attached hydrogen (secondary N) is 2. The molecule has 0 spiro atoms. The molecule has 0 bridgehead atoms. The van der Waals surface area contributed by atoms with Gasteiger partial charge in [0, 0.05) is 13.7 Å². The number of amides is 2. The molecule has 0 saturated carbocycles. The molecule has 0 aliphatic heterocycles. The molecular formula is C17H24N2O4. The number of methoxy groups -OCH3 is 1. The highest BCUT2D eigenvalue weighted by Crippen LogP contribution is 2.19. The summed E-state index contributed by atoms with van der Waals surface area (Å²) in [7, 11) is 1.53. The second kappa shape index (κ2) is 9.15. The summed E-state index contributed by atoms with van der Waals surface area (Å²) in [6.07, 6.45) is 8.86. The molecule has 1 aliphatic rings. The van der Waals surface area contributed by atoms with E-state index in [1.165, 1.54) is 31.8 Å². The number of carbonyl (C=O) groups excluding carboxylic acids is 2. The van der Waals surface area contributed by atoms with Gasteiger partial charge in [-0.15, -0.1) is 0 Å². The van der Waals surface area contributed by atoms with Crippen LogP contribution in [0.2, 0.25) is 0 Å². The minimum atomic E-state index is -0.656. The molecule has 2 N–H and O–H groups in total. The van der Waals surface area contributed by atoms with Crippen molar-refractivity contribution in [2.75, 3.05) is 20.2 Å². The second-order valence-corrected chi connectivity index (χ2v) is 5.56. The molecule has 2 amide bonds. The van der Waals surface area contributed by atoms with Crippen LogP contribution >= 0.6 is 0 Å². The van der Waals surface area contributed by atoms with E-state index in [9.17, 15) is 9.59 Å². The van der Waals surface area contributed by atoms with Crippen LogP contribution in [0.25, 0.3) is 0 Å². The van der Waals surface area contributed by atoms with Crippen molar-refractivity contribution in [3.05, 3.63) is 35.8 Å². The summed E-state index contributed by atoms with van der Waals surface area (Å²) in [5.74, 6) is -0.663. The standard InChI is InChI=1S/C17H24N2O4/c1-22-15(14-8-5-11-23-14)12-19-17(21)16(20)18-10-9-13-6-3-2-4-7-13/h5-6,8,11,15H,2-4,7,9-10,12H2,1H3,(H,18,20)(H,19,21)/t15-/m0/s1. The van der Waals surface area contributed by atoms with Crippen molar-refractivity contribution in [3.8, 4) is 0 Å². The maximum atomic E-state index is 11.8. The van der Waals surface area contributed by atoms with Crippen LogP contribution in [-0.2, 0) is 14.3 Å². The Kier molecular flexibility index (Phi) is 6.87. The van der Waals surface area contributed by atoms with Gasteiger partial charge in [0.25, 0.3) is 0 Å². The number of carbonyl (C=O) groups is 2. The van der Waals surface area contributed by atoms with Crippen molar-refractivity contribution in [3.63, 3.8) is 0 Å². The molecule has 1 aromatic rings. The first-order chi connectivity index (χ1) is 11.2. The molecular weight excluding hydrogens is 296 g/mol. The highest BCUT2D eigenvalue weighted by molar-refractivity contribution is 6.35. The minimum absolute atomic E-state index is 0.182. The van der Waals surface area contributed by atoms with E-state index in [0.717, 1.165) is 19.3 Å². The Hall–Kier alpha value is -2.08. The van der Waals surface area contributed by atoms with Crippen LogP contribution in [-0.4, -0.2) is 32.0 Å². The normalized spacial score (nSPS) is 15.6. The third-order valence-corrected chi connectivity index (χ3v) is 3.92. The van der Waals surface area contributed by atoms with Gasteiger partial charge >= 0.3 is 11.8 Å². The maximum absolute atomic E-state index is 11.8. The second-order valence-electron chi connectivity index (χ2n) is 5.56. The molecule has 0 unspecified atom stereocenters. The Balaban J connectivity index is 1.68. The van der Waals surface area contributed by atoms with Gasteiger partial charge in [-0.25, -0.2) is 0 Å². The molecule has 0 radical (unpaired) electrons. The van der Waals surface area contributed by atoms with Crippen LogP contribution in [0.5, 0.6) is 0 Å². The number of hydrogen-bond acceptors (Lipinski definition) is 4. The number of allylic oxidation sites excluding steroid dienone is 1. The summed E-state index contributed by atoms with van der Waals surface area (Å²) in [5, 5.41) is 5.21. The lowest BCUT2D eigenvalue weighted by molar-refractivity contribution is -0.139. The molecule has 1 aromatic heterocycles. The topological polar surface area (TPSA) is 80.6 Å². The summed E-state index contributed by atoms with van der Waals surface area (Å²) in [6.45, 7) is 0.672. The average Bonchev–Trinajstić information content (AvgIpc) is 3.10. The van der Waals surface area contributed by atoms with Crippen LogP contribution in [0.3, 0.4) is 0 Å². The van der Waals surface area contributed by atoms with Crippen LogP contribution in [0.1, 0.15) is 44.0 Å². The maximum Gasteiger partial charge on any atom is 0.309 e. The molecule has 0 saturated heterocycles. The highest BCUT2D eigenvalue weighted by Gasteiger charge is 2.18. The van der Waals surface area contributed by atoms with Gasteiger partial charge < -0.3 is 19.8 Å². The fraction of sp³-hybridized carbons (Fsp3) is 0.529. The lowest BCUT2D eigenvalue weighted by Crippen LogP contribution is -2.41. The molecule has 6 heteroatoms. The lowest BCUT2D eigenvalue weighted by Gasteiger charge is -2.14. The summed E-state index contributed by atoms with van der Waals surface area (Å²) in [5.41, 5.74) is 1.37. The Bertz CT molecular complexity index is 537. The smallest absolute Gasteiger partial charge is 0.309 e. The van der Waals surface area contributed by atoms with Gasteiger partial charge in [-0.2, -0.15) is 0 Å². The van der Waals surface area contributed by atoms with E-state index < -0.39 is 17.9 Å². The zero-order valence-corrected chi connectivity index (χ0v) is 13.5. The zero-order chi connectivity index (χ0) is 16.5. The largest absolute Gasteiger partial charge is 0.467 e. The van der Waals surface area contributed by atoms with Crippen LogP contribution in [0, 0.1) is 0 Å². The molecule has 1 atom stereocenters. The fourth-order valence-corrected chi connectivity index (χ4v) is 2.59. The van der Waals surface area contributed by atoms with Crippen LogP contribution in [0.4, 0.5) is 0 Å². The molecule has 0 aromatic carbocycles. The van der Waals surface area contributed by atoms with Crippen molar-refractivity contribution in [1.82, 2.24) is 10.6 Å². The first-order valence-electron chi connectivity index (χ1n) is 8.01. The molecule has 1 aliphatic carbocycles. The van der Waals surface area contributed by atoms with Gasteiger partial charge in [0.1, 0.15) is 11.9 Å². The quantitative estimate of drug-likeness (QED) is 0.595. The predicted octanol–water partition coefficient (Wildman–Crippen LogP) is 2.09. The Morgan fingerprint density at radius 2 is 2.13 bits per heavy atom. The first kappa shape index (κ1) is 17.3. The Morgan fingerprint density at radius 1 is 1.30 bits per heavy atom. The summed E-state index contributed by atoms with van der Waals surface area (Å²) < 4.78 is 10.5. The van der Waals surface area contributed by atoms with Gasteiger partial charge in [-0.3, -0.25) is 9.59 Å². The molecule has 2 rings (SSSR count). The zero-order valence-electron chi connectivity index (χ0n) is 13.5. The van der Waals surface area contributed by atoms with Crippen molar-refractivity contribution < 1.29 is 18.7 Å². The minimum Gasteiger partial charge on any atom is -0.467 e. The number of rotatable bonds is 7. The summed E-state index contributed by atoms with van der Waals surface area (Å²) in [6, 6.07) is 3.51. The van der Waals surface area contributed by atoms with Gasteiger partial charge in [0.05, 0.1) is 12.8 Å². The molecule has 6 nitrogen and oxygen atoms in total. The SMILES string of the molecule is CO[C@@H](CNC(=O)C(=O)NCCC1=CCCCC1)c1ccco1. The van der Waals surface area contributed by atoms with Crippen molar-refractivity contribution in [2.45, 2.75) is 38.2 Å². The number of furan rings is 1. The van der Waals surface area contributed by atoms with E-state index in [2.05, 4.69) is 16.7 Å². The van der Waals surface area contributed by atoms with Gasteiger partial charge in [0.15, 0.2) is 0 Å². The Morgan fingerprint density at radius 3 is 2.78 bits per heavy atom. The van der Waals surface area contributed by atoms with Crippen LogP contribution in [0.15, 0.2) is 34.5 Å². The van der Waals surface area contributed by atoms with Crippen molar-refractivity contribution >= 4 is 11.8 Å². The van der Waals surface area contributed by atoms with E-state index in [0.29, 0.717) is 12.3 Å². The third-order valence-electron chi connectivity index (χ3n) is 3.92. The van der Waals surface area contributed by atoms with E-state index in [-0.39, 0.29) is 6.54 Å². The van der Waals surface area contributed by atoms with Crippen molar-refractivity contribution in [2.24, 2.45) is 0 Å². The lowest BCUT2D eigenvalue weighted by atomic mass is 9.97. The predicted molar refractivity (Wildman–Crippen MR) is 85.6 cm³/mol. The van der Waals surface area contributed by atoms with E-state index in [1.807, 2.05) is 0 Å². The van der Waals surface area contributed by atoms with Gasteiger partial charge in [-0.05, 0) is 44.2 Å². The Labute approximate surface area is 136 Å². The number of ether oxygens (including phenoxy) is 1. The van der Waals surface area contributed by atoms with Crippen molar-refractivity contribution in [1.29, 1.82) is 0 Å². The molecule has 0 fully saturated rings. The molecule has 23 heavy (non-hydrogen) atoms.